The Hall–Kier alpha value is -1.59. The number of rotatable bonds is 5. The molecule has 1 aromatic carbocycles. The molecule has 5 heteroatoms. The molecule has 1 aromatic rings. The first-order chi connectivity index (χ1) is 9.89. The van der Waals surface area contributed by atoms with Gasteiger partial charge in [-0.25, -0.2) is 0 Å². The fourth-order valence-corrected chi connectivity index (χ4v) is 2.10. The standard InChI is InChI=1S/C16H24N2O3/c1-16(2,3)17-10-14(19)15-9-13(18-21-15)11-5-7-12(20-4)8-6-11/h5-8,14-15,17,19H,9-10H2,1-4H3. The first kappa shape index (κ1) is 15.8. The fourth-order valence-electron chi connectivity index (χ4n) is 2.10. The number of hydrogen-bond donors (Lipinski definition) is 2. The molecule has 0 amide bonds. The van der Waals surface area contributed by atoms with Gasteiger partial charge < -0.3 is 20.0 Å². The monoisotopic (exact) mass is 292 g/mol. The van der Waals surface area contributed by atoms with Gasteiger partial charge in [0.25, 0.3) is 0 Å². The van der Waals surface area contributed by atoms with Crippen LogP contribution in [0.1, 0.15) is 32.8 Å². The predicted octanol–water partition coefficient (Wildman–Crippen LogP) is 1.94. The van der Waals surface area contributed by atoms with Crippen molar-refractivity contribution in [3.05, 3.63) is 29.8 Å². The second-order valence-electron chi connectivity index (χ2n) is 6.31. The molecule has 2 unspecified atom stereocenters. The average molecular weight is 292 g/mol. The summed E-state index contributed by atoms with van der Waals surface area (Å²) in [6.07, 6.45) is -0.264. The summed E-state index contributed by atoms with van der Waals surface area (Å²) in [7, 11) is 1.64. The van der Waals surface area contributed by atoms with E-state index >= 15 is 0 Å². The van der Waals surface area contributed by atoms with Crippen molar-refractivity contribution in [2.45, 2.75) is 44.9 Å². The van der Waals surface area contributed by atoms with E-state index in [0.29, 0.717) is 13.0 Å². The van der Waals surface area contributed by atoms with Crippen LogP contribution in [0, 0.1) is 0 Å². The van der Waals surface area contributed by atoms with Crippen molar-refractivity contribution in [2.75, 3.05) is 13.7 Å². The highest BCUT2D eigenvalue weighted by molar-refractivity contribution is 6.01. The van der Waals surface area contributed by atoms with Crippen LogP contribution in [0.25, 0.3) is 0 Å². The second kappa shape index (κ2) is 6.45. The highest BCUT2D eigenvalue weighted by Crippen LogP contribution is 2.21. The maximum absolute atomic E-state index is 10.2. The Kier molecular flexibility index (Phi) is 4.85. The number of methoxy groups -OCH3 is 1. The zero-order chi connectivity index (χ0) is 15.5. The minimum absolute atomic E-state index is 0.0285. The van der Waals surface area contributed by atoms with Crippen molar-refractivity contribution in [1.82, 2.24) is 5.32 Å². The van der Waals surface area contributed by atoms with Crippen molar-refractivity contribution in [2.24, 2.45) is 5.16 Å². The number of nitrogens with one attached hydrogen (secondary N) is 1. The number of oxime groups is 1. The summed E-state index contributed by atoms with van der Waals surface area (Å²) >= 11 is 0. The van der Waals surface area contributed by atoms with Crippen LogP contribution in [0.4, 0.5) is 0 Å². The Morgan fingerprint density at radius 3 is 2.62 bits per heavy atom. The average Bonchev–Trinajstić information content (AvgIpc) is 2.94. The molecule has 1 aliphatic rings. The van der Waals surface area contributed by atoms with Gasteiger partial charge in [-0.05, 0) is 50.6 Å². The minimum atomic E-state index is -0.580. The Balaban J connectivity index is 1.89. The smallest absolute Gasteiger partial charge is 0.160 e. The summed E-state index contributed by atoms with van der Waals surface area (Å²) < 4.78 is 5.14. The van der Waals surface area contributed by atoms with Crippen molar-refractivity contribution in [1.29, 1.82) is 0 Å². The number of aliphatic hydroxyl groups is 1. The summed E-state index contributed by atoms with van der Waals surface area (Å²) in [6, 6.07) is 7.68. The number of benzene rings is 1. The van der Waals surface area contributed by atoms with E-state index in [-0.39, 0.29) is 11.6 Å². The van der Waals surface area contributed by atoms with Crippen molar-refractivity contribution < 1.29 is 14.7 Å². The molecule has 0 aromatic heterocycles. The Morgan fingerprint density at radius 2 is 2.05 bits per heavy atom. The lowest BCUT2D eigenvalue weighted by atomic mass is 10.0. The first-order valence-electron chi connectivity index (χ1n) is 7.19. The molecule has 0 radical (unpaired) electrons. The van der Waals surface area contributed by atoms with Crippen LogP contribution in [0.3, 0.4) is 0 Å². The van der Waals surface area contributed by atoms with E-state index in [9.17, 15) is 5.11 Å². The largest absolute Gasteiger partial charge is 0.497 e. The topological polar surface area (TPSA) is 63.1 Å². The van der Waals surface area contributed by atoms with Gasteiger partial charge in [0, 0.05) is 18.5 Å². The molecule has 2 N–H and O–H groups in total. The summed E-state index contributed by atoms with van der Waals surface area (Å²) in [6.45, 7) is 6.68. The zero-order valence-electron chi connectivity index (χ0n) is 13.1. The fraction of sp³-hybridized carbons (Fsp3) is 0.562. The second-order valence-corrected chi connectivity index (χ2v) is 6.31. The SMILES string of the molecule is COc1ccc(C2=NOC(C(O)CNC(C)(C)C)C2)cc1. The molecule has 1 aliphatic heterocycles. The van der Waals surface area contributed by atoms with Crippen molar-refractivity contribution in [3.8, 4) is 5.75 Å². The molecular weight excluding hydrogens is 268 g/mol. The predicted molar refractivity (Wildman–Crippen MR) is 82.8 cm³/mol. The number of hydrogen-bond acceptors (Lipinski definition) is 5. The molecule has 2 atom stereocenters. The molecule has 0 fully saturated rings. The van der Waals surface area contributed by atoms with Crippen LogP contribution in [0.2, 0.25) is 0 Å². The Morgan fingerprint density at radius 1 is 1.38 bits per heavy atom. The molecule has 0 saturated carbocycles. The van der Waals surface area contributed by atoms with Gasteiger partial charge in [0.2, 0.25) is 0 Å². The molecule has 5 nitrogen and oxygen atoms in total. The summed E-state index contributed by atoms with van der Waals surface area (Å²) in [5.74, 6) is 0.809. The Bertz CT molecular complexity index is 491. The third-order valence-corrected chi connectivity index (χ3v) is 3.39. The van der Waals surface area contributed by atoms with Crippen LogP contribution >= 0.6 is 0 Å². The van der Waals surface area contributed by atoms with Gasteiger partial charge in [0.1, 0.15) is 11.9 Å². The third kappa shape index (κ3) is 4.44. The van der Waals surface area contributed by atoms with Crippen LogP contribution in [0.5, 0.6) is 5.75 Å². The highest BCUT2D eigenvalue weighted by atomic mass is 16.7. The number of β-amino-alcohol motifs (C(OH)–C–C–N with tert-alkyl or cyclic N) is 1. The highest BCUT2D eigenvalue weighted by Gasteiger charge is 2.29. The van der Waals surface area contributed by atoms with Gasteiger partial charge >= 0.3 is 0 Å². The van der Waals surface area contributed by atoms with E-state index in [1.807, 2.05) is 24.3 Å². The van der Waals surface area contributed by atoms with Gasteiger partial charge in [-0.15, -0.1) is 0 Å². The van der Waals surface area contributed by atoms with E-state index in [1.165, 1.54) is 0 Å². The maximum Gasteiger partial charge on any atom is 0.160 e. The zero-order valence-corrected chi connectivity index (χ0v) is 13.1. The maximum atomic E-state index is 10.2. The van der Waals surface area contributed by atoms with Crippen molar-refractivity contribution >= 4 is 5.71 Å². The number of nitrogens with zero attached hydrogens (tertiary/aromatic N) is 1. The molecule has 2 rings (SSSR count). The molecular formula is C16H24N2O3. The summed E-state index contributed by atoms with van der Waals surface area (Å²) in [4.78, 5) is 5.37. The van der Waals surface area contributed by atoms with Gasteiger partial charge in [-0.1, -0.05) is 5.16 Å². The molecule has 0 bridgehead atoms. The normalized spacial score (nSPS) is 19.9. The molecule has 0 aliphatic carbocycles. The summed E-state index contributed by atoms with van der Waals surface area (Å²) in [5.41, 5.74) is 1.82. The van der Waals surface area contributed by atoms with E-state index < -0.39 is 6.10 Å². The lowest BCUT2D eigenvalue weighted by molar-refractivity contribution is -0.0181. The van der Waals surface area contributed by atoms with Crippen LogP contribution < -0.4 is 10.1 Å². The van der Waals surface area contributed by atoms with Crippen LogP contribution in [-0.2, 0) is 4.84 Å². The van der Waals surface area contributed by atoms with Gasteiger partial charge in [0.05, 0.1) is 12.8 Å². The molecule has 0 saturated heterocycles. The quantitative estimate of drug-likeness (QED) is 0.870. The molecule has 1 heterocycles. The van der Waals surface area contributed by atoms with E-state index in [1.54, 1.807) is 7.11 Å². The van der Waals surface area contributed by atoms with Crippen molar-refractivity contribution in [3.63, 3.8) is 0 Å². The van der Waals surface area contributed by atoms with E-state index in [2.05, 4.69) is 31.2 Å². The third-order valence-electron chi connectivity index (χ3n) is 3.39. The Labute approximate surface area is 125 Å². The van der Waals surface area contributed by atoms with Gasteiger partial charge in [0.15, 0.2) is 6.10 Å². The molecule has 0 spiro atoms. The van der Waals surface area contributed by atoms with Gasteiger partial charge in [-0.3, -0.25) is 0 Å². The number of aliphatic hydroxyl groups excluding tert-OH is 1. The molecule has 21 heavy (non-hydrogen) atoms. The summed E-state index contributed by atoms with van der Waals surface area (Å²) in [5, 5.41) is 17.5. The lowest BCUT2D eigenvalue weighted by Gasteiger charge is -2.24. The van der Waals surface area contributed by atoms with Crippen LogP contribution in [-0.4, -0.2) is 42.2 Å². The van der Waals surface area contributed by atoms with Crippen LogP contribution in [0.15, 0.2) is 29.4 Å². The van der Waals surface area contributed by atoms with Gasteiger partial charge in [-0.2, -0.15) is 0 Å². The van der Waals surface area contributed by atoms with E-state index in [0.717, 1.165) is 17.0 Å². The van der Waals surface area contributed by atoms with E-state index in [4.69, 9.17) is 9.57 Å². The lowest BCUT2D eigenvalue weighted by Crippen LogP contribution is -2.44. The minimum Gasteiger partial charge on any atom is -0.497 e. The first-order valence-corrected chi connectivity index (χ1v) is 7.19. The molecule has 116 valence electrons. The number of ether oxygens (including phenoxy) is 1.